The SMILES string of the molecule is C[C@@H]1CC[C@H](C(C)(C)N2CC2)C(=O)C1. The number of carbonyl (C=O) groups excluding carboxylic acids is 1. The van der Waals surface area contributed by atoms with Crippen LogP contribution in [0.5, 0.6) is 0 Å². The quantitative estimate of drug-likeness (QED) is 0.629. The van der Waals surface area contributed by atoms with Crippen LogP contribution in [0.1, 0.15) is 40.0 Å². The third kappa shape index (κ3) is 1.72. The molecule has 1 saturated heterocycles. The summed E-state index contributed by atoms with van der Waals surface area (Å²) in [6.45, 7) is 9.04. The lowest BCUT2D eigenvalue weighted by Gasteiger charge is -2.38. The predicted molar refractivity (Wildman–Crippen MR) is 57.2 cm³/mol. The molecule has 1 saturated carbocycles. The summed E-state index contributed by atoms with van der Waals surface area (Å²) in [5.41, 5.74) is 0.122. The topological polar surface area (TPSA) is 20.1 Å². The molecule has 0 unspecified atom stereocenters. The third-order valence-corrected chi connectivity index (χ3v) is 4.00. The van der Waals surface area contributed by atoms with E-state index in [0.717, 1.165) is 12.8 Å². The number of ketones is 1. The van der Waals surface area contributed by atoms with Crippen molar-refractivity contribution >= 4 is 5.78 Å². The van der Waals surface area contributed by atoms with Crippen LogP contribution in [0.2, 0.25) is 0 Å². The van der Waals surface area contributed by atoms with E-state index >= 15 is 0 Å². The van der Waals surface area contributed by atoms with E-state index in [1.807, 2.05) is 0 Å². The molecule has 1 aliphatic carbocycles. The maximum atomic E-state index is 12.0. The van der Waals surface area contributed by atoms with Gasteiger partial charge in [0.05, 0.1) is 0 Å². The van der Waals surface area contributed by atoms with Crippen molar-refractivity contribution in [3.8, 4) is 0 Å². The maximum Gasteiger partial charge on any atom is 0.138 e. The van der Waals surface area contributed by atoms with Crippen LogP contribution in [0, 0.1) is 11.8 Å². The fourth-order valence-electron chi connectivity index (χ4n) is 2.79. The van der Waals surface area contributed by atoms with E-state index in [4.69, 9.17) is 0 Å². The van der Waals surface area contributed by atoms with Crippen molar-refractivity contribution in [3.63, 3.8) is 0 Å². The Morgan fingerprint density at radius 2 is 1.93 bits per heavy atom. The molecule has 0 aromatic heterocycles. The highest BCUT2D eigenvalue weighted by molar-refractivity contribution is 5.83. The average molecular weight is 195 g/mol. The van der Waals surface area contributed by atoms with Crippen LogP contribution in [0.15, 0.2) is 0 Å². The molecular weight excluding hydrogens is 174 g/mol. The number of rotatable bonds is 2. The second-order valence-corrected chi connectivity index (χ2v) is 5.55. The fourth-order valence-corrected chi connectivity index (χ4v) is 2.79. The molecular formula is C12H21NO. The Morgan fingerprint density at radius 1 is 1.29 bits per heavy atom. The zero-order valence-corrected chi connectivity index (χ0v) is 9.55. The summed E-state index contributed by atoms with van der Waals surface area (Å²) >= 11 is 0. The van der Waals surface area contributed by atoms with Crippen LogP contribution in [-0.2, 0) is 4.79 Å². The van der Waals surface area contributed by atoms with Crippen molar-refractivity contribution in [3.05, 3.63) is 0 Å². The average Bonchev–Trinajstić information content (AvgIpc) is 2.84. The standard InChI is InChI=1S/C12H21NO/c1-9-4-5-10(11(14)8-9)12(2,3)13-6-7-13/h9-10H,4-8H2,1-3H3/t9-,10+/m1/s1. The number of Topliss-reactive ketones (excluding diaryl/α,β-unsaturated/α-hetero) is 1. The van der Waals surface area contributed by atoms with Gasteiger partial charge < -0.3 is 0 Å². The van der Waals surface area contributed by atoms with Crippen molar-refractivity contribution < 1.29 is 4.79 Å². The molecule has 2 rings (SSSR count). The van der Waals surface area contributed by atoms with Crippen LogP contribution < -0.4 is 0 Å². The summed E-state index contributed by atoms with van der Waals surface area (Å²) in [6.07, 6.45) is 3.14. The zero-order chi connectivity index (χ0) is 10.3. The van der Waals surface area contributed by atoms with Crippen LogP contribution in [0.25, 0.3) is 0 Å². The van der Waals surface area contributed by atoms with Gasteiger partial charge in [-0.1, -0.05) is 6.92 Å². The predicted octanol–water partition coefficient (Wildman–Crippen LogP) is 2.09. The molecule has 2 nitrogen and oxygen atoms in total. The van der Waals surface area contributed by atoms with Gasteiger partial charge in [-0.05, 0) is 32.6 Å². The second-order valence-electron chi connectivity index (χ2n) is 5.55. The lowest BCUT2D eigenvalue weighted by molar-refractivity contribution is -0.129. The summed E-state index contributed by atoms with van der Waals surface area (Å²) in [7, 11) is 0. The van der Waals surface area contributed by atoms with Crippen LogP contribution >= 0.6 is 0 Å². The van der Waals surface area contributed by atoms with Crippen molar-refractivity contribution in [1.82, 2.24) is 4.90 Å². The molecule has 2 fully saturated rings. The Kier molecular flexibility index (Phi) is 2.42. The molecule has 0 radical (unpaired) electrons. The molecule has 1 heterocycles. The molecule has 2 heteroatoms. The van der Waals surface area contributed by atoms with Gasteiger partial charge in [-0.25, -0.2) is 0 Å². The van der Waals surface area contributed by atoms with Gasteiger partial charge in [0.2, 0.25) is 0 Å². The van der Waals surface area contributed by atoms with Gasteiger partial charge >= 0.3 is 0 Å². The first-order chi connectivity index (χ1) is 6.51. The molecule has 0 N–H and O–H groups in total. The van der Waals surface area contributed by atoms with Crippen LogP contribution in [0.4, 0.5) is 0 Å². The highest BCUT2D eigenvalue weighted by Crippen LogP contribution is 2.38. The molecule has 2 aliphatic rings. The van der Waals surface area contributed by atoms with E-state index < -0.39 is 0 Å². The lowest BCUT2D eigenvalue weighted by atomic mass is 9.73. The molecule has 2 atom stereocenters. The summed E-state index contributed by atoms with van der Waals surface area (Å²) < 4.78 is 0. The normalized spacial score (nSPS) is 34.6. The van der Waals surface area contributed by atoms with Gasteiger partial charge in [-0.3, -0.25) is 9.69 Å². The van der Waals surface area contributed by atoms with Crippen molar-refractivity contribution in [2.45, 2.75) is 45.6 Å². The minimum Gasteiger partial charge on any atom is -0.299 e. The molecule has 0 spiro atoms. The Morgan fingerprint density at radius 3 is 2.43 bits per heavy atom. The number of hydrogen-bond donors (Lipinski definition) is 0. The van der Waals surface area contributed by atoms with E-state index in [9.17, 15) is 4.79 Å². The highest BCUT2D eigenvalue weighted by atomic mass is 16.1. The molecule has 0 aromatic rings. The van der Waals surface area contributed by atoms with Gasteiger partial charge in [0.15, 0.2) is 0 Å². The molecule has 1 aliphatic heterocycles. The summed E-state index contributed by atoms with van der Waals surface area (Å²) in [6, 6.07) is 0. The van der Waals surface area contributed by atoms with Gasteiger partial charge in [0, 0.05) is 31.0 Å². The van der Waals surface area contributed by atoms with Crippen LogP contribution in [0.3, 0.4) is 0 Å². The Balaban J connectivity index is 2.06. The van der Waals surface area contributed by atoms with Crippen molar-refractivity contribution in [2.75, 3.05) is 13.1 Å². The van der Waals surface area contributed by atoms with Gasteiger partial charge in [-0.15, -0.1) is 0 Å². The maximum absolute atomic E-state index is 12.0. The minimum absolute atomic E-state index is 0.122. The number of nitrogens with zero attached hydrogens (tertiary/aromatic N) is 1. The smallest absolute Gasteiger partial charge is 0.138 e. The molecule has 0 amide bonds. The van der Waals surface area contributed by atoms with E-state index in [0.29, 0.717) is 17.6 Å². The van der Waals surface area contributed by atoms with E-state index in [1.165, 1.54) is 19.5 Å². The highest BCUT2D eigenvalue weighted by Gasteiger charge is 2.45. The number of carbonyl (C=O) groups is 1. The lowest BCUT2D eigenvalue weighted by Crippen LogP contribution is -2.45. The largest absolute Gasteiger partial charge is 0.299 e. The fraction of sp³-hybridized carbons (Fsp3) is 0.917. The van der Waals surface area contributed by atoms with E-state index in [1.54, 1.807) is 0 Å². The number of hydrogen-bond acceptors (Lipinski definition) is 2. The first-order valence-electron chi connectivity index (χ1n) is 5.79. The summed E-state index contributed by atoms with van der Waals surface area (Å²) in [4.78, 5) is 14.4. The van der Waals surface area contributed by atoms with Crippen LogP contribution in [-0.4, -0.2) is 29.3 Å². The zero-order valence-electron chi connectivity index (χ0n) is 9.55. The Bertz CT molecular complexity index is 243. The minimum atomic E-state index is 0.122. The first-order valence-corrected chi connectivity index (χ1v) is 5.79. The molecule has 0 aromatic carbocycles. The van der Waals surface area contributed by atoms with E-state index in [2.05, 4.69) is 25.7 Å². The second kappa shape index (κ2) is 3.34. The summed E-state index contributed by atoms with van der Waals surface area (Å²) in [5, 5.41) is 0. The molecule has 80 valence electrons. The van der Waals surface area contributed by atoms with Gasteiger partial charge in [0.1, 0.15) is 5.78 Å². The van der Waals surface area contributed by atoms with Crippen molar-refractivity contribution in [1.29, 1.82) is 0 Å². The Labute approximate surface area is 86.7 Å². The Hall–Kier alpha value is -0.370. The summed E-state index contributed by atoms with van der Waals surface area (Å²) in [5.74, 6) is 1.41. The van der Waals surface area contributed by atoms with E-state index in [-0.39, 0.29) is 5.54 Å². The molecule has 0 bridgehead atoms. The first kappa shape index (κ1) is 10.2. The van der Waals surface area contributed by atoms with Crippen molar-refractivity contribution in [2.24, 2.45) is 11.8 Å². The van der Waals surface area contributed by atoms with Gasteiger partial charge in [0.25, 0.3) is 0 Å². The molecule has 14 heavy (non-hydrogen) atoms. The third-order valence-electron chi connectivity index (χ3n) is 4.00. The van der Waals surface area contributed by atoms with Gasteiger partial charge in [-0.2, -0.15) is 0 Å². The monoisotopic (exact) mass is 195 g/mol.